The fourth-order valence-electron chi connectivity index (χ4n) is 1.82. The topological polar surface area (TPSA) is 37.4 Å². The van der Waals surface area contributed by atoms with Crippen LogP contribution < -0.4 is 10.2 Å². The molecule has 1 rings (SSSR count). The van der Waals surface area contributed by atoms with E-state index in [1.807, 2.05) is 6.20 Å². The number of pyridine rings is 1. The lowest BCUT2D eigenvalue weighted by atomic mass is 10.2. The fraction of sp³-hybridized carbons (Fsp3) is 0.643. The van der Waals surface area contributed by atoms with Crippen molar-refractivity contribution in [3.63, 3.8) is 0 Å². The van der Waals surface area contributed by atoms with Crippen molar-refractivity contribution in [3.8, 4) is 0 Å². The molecular weight excluding hydrogens is 226 g/mol. The Morgan fingerprint density at radius 1 is 1.33 bits per heavy atom. The molecule has 4 heteroatoms. The molecule has 0 saturated carbocycles. The van der Waals surface area contributed by atoms with Crippen molar-refractivity contribution in [2.75, 3.05) is 38.3 Å². The van der Waals surface area contributed by atoms with Gasteiger partial charge in [0, 0.05) is 39.5 Å². The van der Waals surface area contributed by atoms with Crippen molar-refractivity contribution in [2.45, 2.75) is 26.8 Å². The molecule has 0 aliphatic rings. The molecule has 0 spiro atoms. The molecule has 0 aromatic carbocycles. The van der Waals surface area contributed by atoms with E-state index in [1.165, 1.54) is 5.56 Å². The van der Waals surface area contributed by atoms with Gasteiger partial charge in [-0.1, -0.05) is 13.0 Å². The van der Waals surface area contributed by atoms with Gasteiger partial charge in [0.1, 0.15) is 5.82 Å². The van der Waals surface area contributed by atoms with Crippen LogP contribution in [-0.4, -0.2) is 38.3 Å². The zero-order chi connectivity index (χ0) is 13.2. The summed E-state index contributed by atoms with van der Waals surface area (Å²) < 4.78 is 4.99. The Bertz CT molecular complexity index is 313. The maximum Gasteiger partial charge on any atom is 0.128 e. The maximum absolute atomic E-state index is 4.99. The normalized spacial score (nSPS) is 10.6. The summed E-state index contributed by atoms with van der Waals surface area (Å²) in [5.41, 5.74) is 1.21. The Kier molecular flexibility index (Phi) is 7.37. The maximum atomic E-state index is 4.99. The third-order valence-corrected chi connectivity index (χ3v) is 2.82. The molecule has 1 N–H and O–H groups in total. The monoisotopic (exact) mass is 251 g/mol. The molecule has 0 atom stereocenters. The Labute approximate surface area is 110 Å². The van der Waals surface area contributed by atoms with Crippen LogP contribution in [0.1, 0.15) is 25.8 Å². The second-order valence-corrected chi connectivity index (χ2v) is 4.27. The van der Waals surface area contributed by atoms with Gasteiger partial charge in [0.2, 0.25) is 0 Å². The molecule has 0 saturated heterocycles. The smallest absolute Gasteiger partial charge is 0.128 e. The lowest BCUT2D eigenvalue weighted by Gasteiger charge is -2.21. The molecule has 0 aliphatic heterocycles. The van der Waals surface area contributed by atoms with Gasteiger partial charge < -0.3 is 15.0 Å². The number of nitrogens with zero attached hydrogens (tertiary/aromatic N) is 2. The zero-order valence-corrected chi connectivity index (χ0v) is 11.8. The van der Waals surface area contributed by atoms with Gasteiger partial charge in [-0.05, 0) is 25.0 Å². The highest BCUT2D eigenvalue weighted by atomic mass is 16.5. The summed E-state index contributed by atoms with van der Waals surface area (Å²) in [6.45, 7) is 8.88. The summed E-state index contributed by atoms with van der Waals surface area (Å²) in [6.07, 6.45) is 3.10. The lowest BCUT2D eigenvalue weighted by molar-refractivity contribution is 0.199. The first-order chi connectivity index (χ1) is 8.81. The van der Waals surface area contributed by atoms with Gasteiger partial charge in [-0.3, -0.25) is 0 Å². The Morgan fingerprint density at radius 2 is 2.17 bits per heavy atom. The van der Waals surface area contributed by atoms with Gasteiger partial charge in [0.25, 0.3) is 0 Å². The molecule has 0 amide bonds. The number of hydrogen-bond donors (Lipinski definition) is 1. The van der Waals surface area contributed by atoms with Crippen LogP contribution in [0.2, 0.25) is 0 Å². The molecule has 0 fully saturated rings. The molecule has 0 radical (unpaired) electrons. The zero-order valence-electron chi connectivity index (χ0n) is 11.8. The van der Waals surface area contributed by atoms with E-state index in [4.69, 9.17) is 4.74 Å². The standard InChI is InChI=1S/C14H25N3O/c1-4-9-17(5-2)14-7-6-13(12-16-14)11-15-8-10-18-3/h6-7,12,15H,4-5,8-11H2,1-3H3. The average Bonchev–Trinajstić information content (AvgIpc) is 2.42. The van der Waals surface area contributed by atoms with Gasteiger partial charge in [-0.2, -0.15) is 0 Å². The quantitative estimate of drug-likeness (QED) is 0.682. The molecule has 102 valence electrons. The summed E-state index contributed by atoms with van der Waals surface area (Å²) >= 11 is 0. The molecule has 0 bridgehead atoms. The largest absolute Gasteiger partial charge is 0.383 e. The Hall–Kier alpha value is -1.13. The van der Waals surface area contributed by atoms with E-state index in [9.17, 15) is 0 Å². The van der Waals surface area contributed by atoms with Gasteiger partial charge >= 0.3 is 0 Å². The van der Waals surface area contributed by atoms with E-state index in [1.54, 1.807) is 7.11 Å². The summed E-state index contributed by atoms with van der Waals surface area (Å²) in [7, 11) is 1.71. The van der Waals surface area contributed by atoms with Crippen LogP contribution in [0.25, 0.3) is 0 Å². The fourth-order valence-corrected chi connectivity index (χ4v) is 1.82. The number of hydrogen-bond acceptors (Lipinski definition) is 4. The first-order valence-corrected chi connectivity index (χ1v) is 6.71. The number of rotatable bonds is 9. The van der Waals surface area contributed by atoms with Crippen molar-refractivity contribution in [2.24, 2.45) is 0 Å². The first kappa shape index (κ1) is 14.9. The molecule has 4 nitrogen and oxygen atoms in total. The molecular formula is C14H25N3O. The minimum Gasteiger partial charge on any atom is -0.383 e. The van der Waals surface area contributed by atoms with E-state index in [0.717, 1.165) is 45.0 Å². The third kappa shape index (κ3) is 5.02. The predicted octanol–water partition coefficient (Wildman–Crippen LogP) is 2.05. The van der Waals surface area contributed by atoms with E-state index in [-0.39, 0.29) is 0 Å². The number of ether oxygens (including phenoxy) is 1. The van der Waals surface area contributed by atoms with Gasteiger partial charge in [-0.25, -0.2) is 4.98 Å². The van der Waals surface area contributed by atoms with Crippen LogP contribution in [0.4, 0.5) is 5.82 Å². The van der Waals surface area contributed by atoms with Crippen LogP contribution >= 0.6 is 0 Å². The van der Waals surface area contributed by atoms with Crippen LogP contribution in [0.15, 0.2) is 18.3 Å². The molecule has 0 unspecified atom stereocenters. The van der Waals surface area contributed by atoms with Gasteiger partial charge in [0.15, 0.2) is 0 Å². The van der Waals surface area contributed by atoms with Crippen LogP contribution in [0.5, 0.6) is 0 Å². The SMILES string of the molecule is CCCN(CC)c1ccc(CNCCOC)cn1. The van der Waals surface area contributed by atoms with Crippen LogP contribution in [0.3, 0.4) is 0 Å². The predicted molar refractivity (Wildman–Crippen MR) is 76.0 cm³/mol. The summed E-state index contributed by atoms with van der Waals surface area (Å²) in [5.74, 6) is 1.07. The number of methoxy groups -OCH3 is 1. The van der Waals surface area contributed by atoms with Crippen molar-refractivity contribution in [1.82, 2.24) is 10.3 Å². The molecule has 18 heavy (non-hydrogen) atoms. The van der Waals surface area contributed by atoms with Gasteiger partial charge in [0.05, 0.1) is 6.61 Å². The van der Waals surface area contributed by atoms with Crippen molar-refractivity contribution in [3.05, 3.63) is 23.9 Å². The number of nitrogens with one attached hydrogen (secondary N) is 1. The van der Waals surface area contributed by atoms with Crippen molar-refractivity contribution < 1.29 is 4.74 Å². The lowest BCUT2D eigenvalue weighted by Crippen LogP contribution is -2.24. The van der Waals surface area contributed by atoms with E-state index < -0.39 is 0 Å². The van der Waals surface area contributed by atoms with Crippen LogP contribution in [-0.2, 0) is 11.3 Å². The van der Waals surface area contributed by atoms with Gasteiger partial charge in [-0.15, -0.1) is 0 Å². The summed E-state index contributed by atoms with van der Waals surface area (Å²) in [6, 6.07) is 4.24. The minimum atomic E-state index is 0.742. The molecule has 1 heterocycles. The average molecular weight is 251 g/mol. The molecule has 1 aromatic rings. The van der Waals surface area contributed by atoms with E-state index >= 15 is 0 Å². The number of anilines is 1. The van der Waals surface area contributed by atoms with E-state index in [2.05, 4.69) is 41.2 Å². The van der Waals surface area contributed by atoms with E-state index in [0.29, 0.717) is 0 Å². The Morgan fingerprint density at radius 3 is 2.72 bits per heavy atom. The van der Waals surface area contributed by atoms with Crippen molar-refractivity contribution >= 4 is 5.82 Å². The Balaban J connectivity index is 2.45. The molecule has 1 aromatic heterocycles. The summed E-state index contributed by atoms with van der Waals surface area (Å²) in [5, 5.41) is 3.31. The first-order valence-electron chi connectivity index (χ1n) is 6.71. The number of aromatic nitrogens is 1. The second-order valence-electron chi connectivity index (χ2n) is 4.27. The highest BCUT2D eigenvalue weighted by Gasteiger charge is 2.03. The highest BCUT2D eigenvalue weighted by Crippen LogP contribution is 2.11. The highest BCUT2D eigenvalue weighted by molar-refractivity contribution is 5.38. The second kappa shape index (κ2) is 8.89. The molecule has 0 aliphatic carbocycles. The third-order valence-electron chi connectivity index (χ3n) is 2.82. The summed E-state index contributed by atoms with van der Waals surface area (Å²) in [4.78, 5) is 6.82. The van der Waals surface area contributed by atoms with Crippen LogP contribution in [0, 0.1) is 0 Å². The minimum absolute atomic E-state index is 0.742. The van der Waals surface area contributed by atoms with Crippen molar-refractivity contribution in [1.29, 1.82) is 0 Å².